The second kappa shape index (κ2) is 6.28. The van der Waals surface area contributed by atoms with E-state index in [0.717, 1.165) is 18.3 Å². The Morgan fingerprint density at radius 1 is 1.16 bits per heavy atom. The summed E-state index contributed by atoms with van der Waals surface area (Å²) >= 11 is 0. The Bertz CT molecular complexity index is 655. The Morgan fingerprint density at radius 2 is 1.96 bits per heavy atom. The molecule has 25 heavy (non-hydrogen) atoms. The van der Waals surface area contributed by atoms with Crippen molar-refractivity contribution in [1.29, 1.82) is 0 Å². The van der Waals surface area contributed by atoms with E-state index in [9.17, 15) is 15.3 Å². The minimum atomic E-state index is -0.0896. The first-order chi connectivity index (χ1) is 12.0. The van der Waals surface area contributed by atoms with Crippen LogP contribution in [0.25, 0.3) is 0 Å². The van der Waals surface area contributed by atoms with Crippen LogP contribution in [0, 0.1) is 29.1 Å². The van der Waals surface area contributed by atoms with E-state index in [1.54, 1.807) is 0 Å². The Balaban J connectivity index is 1.66. The zero-order chi connectivity index (χ0) is 17.8. The van der Waals surface area contributed by atoms with Gasteiger partial charge in [0.1, 0.15) is 5.75 Å². The lowest BCUT2D eigenvalue weighted by Crippen LogP contribution is -2.44. The number of aliphatic hydroxyl groups excluding tert-OH is 2. The Hall–Kier alpha value is -1.06. The Labute approximate surface area is 151 Å². The van der Waals surface area contributed by atoms with Crippen LogP contribution < -0.4 is 0 Å². The second-order valence-corrected chi connectivity index (χ2v) is 9.14. The zero-order valence-electron chi connectivity index (χ0n) is 15.5. The highest BCUT2D eigenvalue weighted by Gasteiger charge is 2.55. The normalized spacial score (nSPS) is 37.9. The van der Waals surface area contributed by atoms with Gasteiger partial charge in [0.2, 0.25) is 0 Å². The fraction of sp³-hybridized carbons (Fsp3) is 0.727. The van der Waals surface area contributed by atoms with Crippen LogP contribution in [0.2, 0.25) is 0 Å². The van der Waals surface area contributed by atoms with Crippen LogP contribution >= 0.6 is 0 Å². The first-order valence-electron chi connectivity index (χ1n) is 10.1. The van der Waals surface area contributed by atoms with Crippen molar-refractivity contribution in [2.75, 3.05) is 6.61 Å². The quantitative estimate of drug-likeness (QED) is 0.777. The first kappa shape index (κ1) is 17.4. The molecule has 0 heterocycles. The molecule has 3 aliphatic carbocycles. The highest BCUT2D eigenvalue weighted by atomic mass is 16.3. The SMILES string of the molecule is C[C@H](CO)C1CCC2C3CCc4cc(O)c(CO)cc4C3CC[C@@]21C. The number of phenols is 1. The smallest absolute Gasteiger partial charge is 0.121 e. The molecule has 3 nitrogen and oxygen atoms in total. The molecule has 0 amide bonds. The average Bonchev–Trinajstić information content (AvgIpc) is 2.97. The summed E-state index contributed by atoms with van der Waals surface area (Å²) in [6.45, 7) is 4.93. The van der Waals surface area contributed by atoms with Crippen molar-refractivity contribution in [3.63, 3.8) is 0 Å². The molecule has 0 aromatic heterocycles. The summed E-state index contributed by atoms with van der Waals surface area (Å²) in [5.41, 5.74) is 3.72. The Kier molecular flexibility index (Phi) is 4.36. The summed E-state index contributed by atoms with van der Waals surface area (Å²) < 4.78 is 0. The second-order valence-electron chi connectivity index (χ2n) is 9.14. The number of fused-ring (bicyclic) bond motifs is 5. The van der Waals surface area contributed by atoms with Gasteiger partial charge >= 0.3 is 0 Å². The van der Waals surface area contributed by atoms with E-state index in [1.165, 1.54) is 43.2 Å². The van der Waals surface area contributed by atoms with Crippen LogP contribution in [0.4, 0.5) is 0 Å². The lowest BCUT2D eigenvalue weighted by atomic mass is 9.53. The fourth-order valence-corrected chi connectivity index (χ4v) is 6.88. The molecule has 2 fully saturated rings. The third-order valence-corrected chi connectivity index (χ3v) is 8.14. The van der Waals surface area contributed by atoms with E-state index >= 15 is 0 Å². The predicted molar refractivity (Wildman–Crippen MR) is 98.4 cm³/mol. The predicted octanol–water partition coefficient (Wildman–Crippen LogP) is 3.99. The maximum atomic E-state index is 10.1. The van der Waals surface area contributed by atoms with Crippen molar-refractivity contribution in [1.82, 2.24) is 0 Å². The zero-order valence-corrected chi connectivity index (χ0v) is 15.5. The summed E-state index contributed by atoms with van der Waals surface area (Å²) in [5.74, 6) is 3.36. The number of hydrogen-bond donors (Lipinski definition) is 3. The molecule has 4 unspecified atom stereocenters. The number of rotatable bonds is 3. The standard InChI is InChI=1S/C22H32O3/c1-13(11-23)19-5-6-20-17-4-3-14-10-21(25)15(12-24)9-18(14)16(17)7-8-22(19,20)2/h9-10,13,16-17,19-20,23-25H,3-8,11-12H2,1-2H3/t13-,16?,17?,19?,20?,22-/m1/s1. The third kappa shape index (κ3) is 2.54. The molecule has 0 aliphatic heterocycles. The highest BCUT2D eigenvalue weighted by molar-refractivity contribution is 5.45. The number of hydrogen-bond acceptors (Lipinski definition) is 3. The van der Waals surface area contributed by atoms with Crippen LogP contribution in [0.15, 0.2) is 12.1 Å². The average molecular weight is 344 g/mol. The van der Waals surface area contributed by atoms with E-state index in [-0.39, 0.29) is 12.4 Å². The molecule has 3 N–H and O–H groups in total. The molecule has 0 spiro atoms. The molecule has 0 bridgehead atoms. The van der Waals surface area contributed by atoms with Gasteiger partial charge in [-0.05, 0) is 96.8 Å². The van der Waals surface area contributed by atoms with Gasteiger partial charge in [-0.1, -0.05) is 13.8 Å². The molecule has 1 aromatic rings. The van der Waals surface area contributed by atoms with Gasteiger partial charge in [-0.25, -0.2) is 0 Å². The molecule has 0 saturated heterocycles. The van der Waals surface area contributed by atoms with Gasteiger partial charge in [-0.15, -0.1) is 0 Å². The van der Waals surface area contributed by atoms with E-state index in [2.05, 4.69) is 19.9 Å². The number of aromatic hydroxyl groups is 1. The van der Waals surface area contributed by atoms with Gasteiger partial charge in [0.05, 0.1) is 6.61 Å². The van der Waals surface area contributed by atoms with Gasteiger partial charge in [0, 0.05) is 12.2 Å². The van der Waals surface area contributed by atoms with Crippen LogP contribution in [0.5, 0.6) is 5.75 Å². The Morgan fingerprint density at radius 3 is 2.68 bits per heavy atom. The van der Waals surface area contributed by atoms with E-state index in [1.807, 2.05) is 6.07 Å². The number of aliphatic hydroxyl groups is 2. The molecule has 0 radical (unpaired) electrons. The summed E-state index contributed by atoms with van der Waals surface area (Å²) in [4.78, 5) is 0. The summed E-state index contributed by atoms with van der Waals surface area (Å²) in [6, 6.07) is 3.98. The monoisotopic (exact) mass is 344 g/mol. The topological polar surface area (TPSA) is 60.7 Å². The van der Waals surface area contributed by atoms with Crippen molar-refractivity contribution >= 4 is 0 Å². The van der Waals surface area contributed by atoms with Crippen molar-refractivity contribution in [3.8, 4) is 5.75 Å². The van der Waals surface area contributed by atoms with E-state index < -0.39 is 0 Å². The van der Waals surface area contributed by atoms with Crippen LogP contribution in [-0.4, -0.2) is 21.9 Å². The summed E-state index contributed by atoms with van der Waals surface area (Å²) in [5, 5.41) is 29.3. The van der Waals surface area contributed by atoms with Gasteiger partial charge < -0.3 is 15.3 Å². The first-order valence-corrected chi connectivity index (χ1v) is 10.1. The molecule has 3 heteroatoms. The molecule has 3 aliphatic rings. The molecule has 4 rings (SSSR count). The lowest BCUT2D eigenvalue weighted by Gasteiger charge is -2.52. The summed E-state index contributed by atoms with van der Waals surface area (Å²) in [7, 11) is 0. The van der Waals surface area contributed by atoms with Crippen LogP contribution in [0.1, 0.15) is 68.6 Å². The van der Waals surface area contributed by atoms with Crippen molar-refractivity contribution < 1.29 is 15.3 Å². The molecular weight excluding hydrogens is 312 g/mol. The van der Waals surface area contributed by atoms with Crippen LogP contribution in [0.3, 0.4) is 0 Å². The molecular formula is C22H32O3. The van der Waals surface area contributed by atoms with Gasteiger partial charge in [-0.3, -0.25) is 0 Å². The molecule has 6 atom stereocenters. The van der Waals surface area contributed by atoms with E-state index in [0.29, 0.717) is 35.3 Å². The fourth-order valence-electron chi connectivity index (χ4n) is 6.88. The van der Waals surface area contributed by atoms with Gasteiger partial charge in [0.15, 0.2) is 0 Å². The van der Waals surface area contributed by atoms with Gasteiger partial charge in [-0.2, -0.15) is 0 Å². The largest absolute Gasteiger partial charge is 0.508 e. The van der Waals surface area contributed by atoms with Crippen LogP contribution in [-0.2, 0) is 13.0 Å². The maximum absolute atomic E-state index is 10.1. The minimum Gasteiger partial charge on any atom is -0.508 e. The number of aryl methyl sites for hydroxylation is 1. The third-order valence-electron chi connectivity index (χ3n) is 8.14. The molecule has 1 aromatic carbocycles. The highest BCUT2D eigenvalue weighted by Crippen LogP contribution is 2.64. The minimum absolute atomic E-state index is 0.0896. The molecule has 138 valence electrons. The van der Waals surface area contributed by atoms with Crippen molar-refractivity contribution in [2.24, 2.45) is 29.1 Å². The molecule has 2 saturated carbocycles. The van der Waals surface area contributed by atoms with Crippen molar-refractivity contribution in [3.05, 3.63) is 28.8 Å². The summed E-state index contributed by atoms with van der Waals surface area (Å²) in [6.07, 6.45) is 7.26. The lowest BCUT2D eigenvalue weighted by molar-refractivity contribution is 0.00153. The van der Waals surface area contributed by atoms with Gasteiger partial charge in [0.25, 0.3) is 0 Å². The maximum Gasteiger partial charge on any atom is 0.121 e. The number of benzene rings is 1. The van der Waals surface area contributed by atoms with Crippen molar-refractivity contribution in [2.45, 2.75) is 64.9 Å². The van der Waals surface area contributed by atoms with E-state index in [4.69, 9.17) is 0 Å².